The average Bonchev–Trinajstić information content (AvgIpc) is 2.46. The summed E-state index contributed by atoms with van der Waals surface area (Å²) in [6.45, 7) is 0. The Morgan fingerprint density at radius 3 is 2.00 bits per heavy atom. The van der Waals surface area contributed by atoms with Gasteiger partial charge in [-0.1, -0.05) is 48.5 Å². The van der Waals surface area contributed by atoms with Gasteiger partial charge < -0.3 is 5.53 Å². The molecule has 0 bridgehead atoms. The smallest absolute Gasteiger partial charge is 0.280 e. The number of allylic oxidation sites excluding steroid dienone is 1. The molecule has 0 aliphatic rings. The second-order valence-electron chi connectivity index (χ2n) is 4.36. The summed E-state index contributed by atoms with van der Waals surface area (Å²) in [6, 6.07) is 18.8. The molecule has 2 nitrogen and oxygen atoms in total. The van der Waals surface area contributed by atoms with E-state index in [-0.39, 0.29) is 0 Å². The van der Waals surface area contributed by atoms with Crippen LogP contribution in [0.1, 0.15) is 5.56 Å². The fraction of sp³-hybridized carbons (Fsp3) is 0. The standard InChI is InChI=1S/C17H12N2/c18-19-11-5-10-17-15-8-3-1-6-13(15)12-14-7-2-4-9-16(14)17/h1-12H. The molecule has 3 rings (SSSR count). The van der Waals surface area contributed by atoms with Crippen molar-refractivity contribution in [2.45, 2.75) is 0 Å². The Bertz CT molecular complexity index is 771. The number of benzene rings is 3. The molecule has 0 unspecified atom stereocenters. The van der Waals surface area contributed by atoms with Crippen LogP contribution in [0, 0.1) is 0 Å². The van der Waals surface area contributed by atoms with Crippen LogP contribution in [0.4, 0.5) is 0 Å². The van der Waals surface area contributed by atoms with Gasteiger partial charge in [-0.2, -0.15) is 4.79 Å². The zero-order valence-electron chi connectivity index (χ0n) is 10.3. The molecule has 90 valence electrons. The van der Waals surface area contributed by atoms with Gasteiger partial charge in [0, 0.05) is 6.08 Å². The van der Waals surface area contributed by atoms with Crippen LogP contribution in [0.5, 0.6) is 0 Å². The van der Waals surface area contributed by atoms with Crippen LogP contribution < -0.4 is 0 Å². The molecule has 0 saturated carbocycles. The lowest BCUT2D eigenvalue weighted by atomic mass is 9.96. The van der Waals surface area contributed by atoms with Crippen molar-refractivity contribution in [2.75, 3.05) is 0 Å². The number of rotatable bonds is 2. The largest absolute Gasteiger partial charge is 0.362 e. The van der Waals surface area contributed by atoms with Crippen molar-refractivity contribution in [1.29, 1.82) is 0 Å². The summed E-state index contributed by atoms with van der Waals surface area (Å²) in [5.41, 5.74) is 9.64. The Hall–Kier alpha value is -2.70. The van der Waals surface area contributed by atoms with E-state index in [1.165, 1.54) is 27.8 Å². The quantitative estimate of drug-likeness (QED) is 0.279. The predicted octanol–water partition coefficient (Wildman–Crippen LogP) is 4.31. The van der Waals surface area contributed by atoms with Gasteiger partial charge in [-0.15, -0.1) is 0 Å². The fourth-order valence-corrected chi connectivity index (χ4v) is 2.41. The van der Waals surface area contributed by atoms with Crippen molar-refractivity contribution in [1.82, 2.24) is 0 Å². The molecule has 0 fully saturated rings. The fourth-order valence-electron chi connectivity index (χ4n) is 2.41. The lowest BCUT2D eigenvalue weighted by molar-refractivity contribution is 0.00520. The Labute approximate surface area is 111 Å². The van der Waals surface area contributed by atoms with Crippen molar-refractivity contribution in [3.05, 3.63) is 71.8 Å². The van der Waals surface area contributed by atoms with Crippen LogP contribution >= 0.6 is 0 Å². The molecular formula is C17H12N2. The normalized spacial score (nSPS) is 10.9. The van der Waals surface area contributed by atoms with Crippen molar-refractivity contribution in [2.24, 2.45) is 0 Å². The molecule has 0 saturated heterocycles. The van der Waals surface area contributed by atoms with E-state index in [0.29, 0.717) is 0 Å². The minimum Gasteiger partial charge on any atom is -0.362 e. The van der Waals surface area contributed by atoms with E-state index in [0.717, 1.165) is 5.56 Å². The first-order valence-corrected chi connectivity index (χ1v) is 6.15. The molecule has 0 N–H and O–H groups in total. The lowest BCUT2D eigenvalue weighted by Crippen LogP contribution is -1.83. The summed E-state index contributed by atoms with van der Waals surface area (Å²) < 4.78 is 0. The van der Waals surface area contributed by atoms with Gasteiger partial charge in [0.1, 0.15) is 0 Å². The number of nitrogens with zero attached hydrogens (tertiary/aromatic N) is 2. The van der Waals surface area contributed by atoms with E-state index >= 15 is 0 Å². The van der Waals surface area contributed by atoms with E-state index in [1.54, 1.807) is 6.08 Å². The molecule has 0 heterocycles. The zero-order valence-corrected chi connectivity index (χ0v) is 10.3. The lowest BCUT2D eigenvalue weighted by Gasteiger charge is -2.07. The SMILES string of the molecule is [N-]=[N+]=CC=Cc1c2ccccc2cc2ccccc12. The van der Waals surface area contributed by atoms with Crippen LogP contribution in [-0.4, -0.2) is 11.0 Å². The number of fused-ring (bicyclic) bond motifs is 2. The summed E-state index contributed by atoms with van der Waals surface area (Å²) in [5.74, 6) is 0. The molecule has 3 aromatic carbocycles. The molecule has 19 heavy (non-hydrogen) atoms. The highest BCUT2D eigenvalue weighted by Crippen LogP contribution is 2.29. The topological polar surface area (TPSA) is 36.4 Å². The number of hydrogen-bond acceptors (Lipinski definition) is 0. The van der Waals surface area contributed by atoms with Crippen molar-refractivity contribution in [3.8, 4) is 0 Å². The minimum absolute atomic E-state index is 1.15. The third-order valence-electron chi connectivity index (χ3n) is 3.23. The van der Waals surface area contributed by atoms with Crippen molar-refractivity contribution in [3.63, 3.8) is 0 Å². The van der Waals surface area contributed by atoms with E-state index < -0.39 is 0 Å². The third-order valence-corrected chi connectivity index (χ3v) is 3.23. The Morgan fingerprint density at radius 2 is 1.42 bits per heavy atom. The monoisotopic (exact) mass is 244 g/mol. The van der Waals surface area contributed by atoms with Crippen LogP contribution in [0.15, 0.2) is 60.7 Å². The van der Waals surface area contributed by atoms with Gasteiger partial charge in [-0.05, 0) is 39.3 Å². The van der Waals surface area contributed by atoms with Crippen molar-refractivity contribution < 1.29 is 4.79 Å². The molecule has 0 radical (unpaired) electrons. The molecule has 0 spiro atoms. The van der Waals surface area contributed by atoms with Gasteiger partial charge in [0.05, 0.1) is 0 Å². The van der Waals surface area contributed by atoms with Gasteiger partial charge in [-0.25, -0.2) is 0 Å². The van der Waals surface area contributed by atoms with Gasteiger partial charge in [0.2, 0.25) is 0 Å². The molecule has 0 aliphatic carbocycles. The maximum Gasteiger partial charge on any atom is 0.280 e. The van der Waals surface area contributed by atoms with Crippen LogP contribution in [0.25, 0.3) is 33.2 Å². The molecule has 0 amide bonds. The molecular weight excluding hydrogens is 232 g/mol. The second kappa shape index (κ2) is 4.89. The number of hydrogen-bond donors (Lipinski definition) is 0. The van der Waals surface area contributed by atoms with E-state index in [4.69, 9.17) is 5.53 Å². The summed E-state index contributed by atoms with van der Waals surface area (Å²) in [5, 5.41) is 4.82. The summed E-state index contributed by atoms with van der Waals surface area (Å²) >= 11 is 0. The van der Waals surface area contributed by atoms with Gasteiger partial charge in [0.25, 0.3) is 6.21 Å². The molecule has 0 aliphatic heterocycles. The zero-order chi connectivity index (χ0) is 13.1. The highest BCUT2D eigenvalue weighted by atomic mass is 14.8. The summed E-state index contributed by atoms with van der Waals surface area (Å²) in [6.07, 6.45) is 5.09. The maximum atomic E-state index is 8.49. The van der Waals surface area contributed by atoms with Crippen LogP contribution in [0.3, 0.4) is 0 Å². The Balaban J connectivity index is 2.42. The third kappa shape index (κ3) is 2.05. The molecule has 2 heteroatoms. The molecule has 0 atom stereocenters. The van der Waals surface area contributed by atoms with Gasteiger partial charge >= 0.3 is 0 Å². The Morgan fingerprint density at radius 1 is 0.842 bits per heavy atom. The van der Waals surface area contributed by atoms with E-state index in [9.17, 15) is 0 Å². The van der Waals surface area contributed by atoms with Gasteiger partial charge in [0.15, 0.2) is 0 Å². The highest BCUT2D eigenvalue weighted by molar-refractivity contribution is 6.07. The summed E-state index contributed by atoms with van der Waals surface area (Å²) in [7, 11) is 0. The second-order valence-corrected chi connectivity index (χ2v) is 4.36. The Kier molecular flexibility index (Phi) is 2.93. The van der Waals surface area contributed by atoms with Crippen molar-refractivity contribution >= 4 is 33.8 Å². The first kappa shape index (κ1) is 11.4. The first-order chi connectivity index (χ1) is 9.40. The molecule has 3 aromatic rings. The highest BCUT2D eigenvalue weighted by Gasteiger charge is 2.04. The predicted molar refractivity (Wildman–Crippen MR) is 80.2 cm³/mol. The maximum absolute atomic E-state index is 8.49. The van der Waals surface area contributed by atoms with Crippen LogP contribution in [-0.2, 0) is 0 Å². The minimum atomic E-state index is 1.15. The van der Waals surface area contributed by atoms with E-state index in [2.05, 4.69) is 35.1 Å². The first-order valence-electron chi connectivity index (χ1n) is 6.15. The van der Waals surface area contributed by atoms with Crippen LogP contribution in [0.2, 0.25) is 0 Å². The summed E-state index contributed by atoms with van der Waals surface area (Å²) in [4.78, 5) is 3.00. The van der Waals surface area contributed by atoms with Gasteiger partial charge in [-0.3, -0.25) is 0 Å². The van der Waals surface area contributed by atoms with E-state index in [1.807, 2.05) is 30.3 Å². The average molecular weight is 244 g/mol. The molecule has 0 aromatic heterocycles.